The number of hydrazone groups is 1. The zero-order chi connectivity index (χ0) is 29.2. The Kier molecular flexibility index (Phi) is 7.45. The summed E-state index contributed by atoms with van der Waals surface area (Å²) in [5.41, 5.74) is 6.26. The van der Waals surface area contributed by atoms with Crippen LogP contribution in [0.15, 0.2) is 137 Å². The lowest BCUT2D eigenvalue weighted by molar-refractivity contribution is -0.121. The van der Waals surface area contributed by atoms with E-state index in [4.69, 9.17) is 10.1 Å². The number of carbonyl (C=O) groups excluding carboxylic acids is 1. The summed E-state index contributed by atoms with van der Waals surface area (Å²) in [5, 5.41) is 8.42. The average Bonchev–Trinajstić information content (AvgIpc) is 3.75. The van der Waals surface area contributed by atoms with Gasteiger partial charge in [-0.3, -0.25) is 14.7 Å². The highest BCUT2D eigenvalue weighted by atomic mass is 32.2. The lowest BCUT2D eigenvalue weighted by Gasteiger charge is -2.24. The highest BCUT2D eigenvalue weighted by Crippen LogP contribution is 2.38. The third kappa shape index (κ3) is 5.55. The molecule has 3 heterocycles. The number of fused-ring (bicyclic) bond motifs is 1. The smallest absolute Gasteiger partial charge is 0.267 e. The normalized spacial score (nSPS) is 18.7. The second kappa shape index (κ2) is 11.8. The quantitative estimate of drug-likeness (QED) is 0.140. The molecule has 4 aromatic carbocycles. The molecule has 210 valence electrons. The van der Waals surface area contributed by atoms with Gasteiger partial charge in [0.2, 0.25) is 5.13 Å². The molecule has 1 amide bonds. The number of aliphatic imine (C=N–C) groups is 1. The number of amides is 1. The standard InChI is InChI=1S/C35H27N5OS2/c1-2-21-39-33(41)32(43-35(39)37-34-36-28-15-9-10-16-31(28)42-34)22-24-17-19-27(20-18-24)40-30(26-13-7-4-8-14-26)23-29(38-40)25-11-5-3-6-12-25/h2-20,22,30H,1,21,23H2/b32-22-,37-35+. The highest BCUT2D eigenvalue weighted by Gasteiger charge is 2.33. The summed E-state index contributed by atoms with van der Waals surface area (Å²) >= 11 is 2.88. The fraction of sp³-hybridized carbons (Fsp3) is 0.0857. The second-order valence-electron chi connectivity index (χ2n) is 10.2. The number of amidine groups is 1. The molecule has 1 atom stereocenters. The Hall–Kier alpha value is -4.79. The molecule has 0 spiro atoms. The molecule has 7 rings (SSSR count). The van der Waals surface area contributed by atoms with E-state index in [9.17, 15) is 4.79 Å². The molecule has 0 aliphatic carbocycles. The van der Waals surface area contributed by atoms with E-state index in [1.807, 2.05) is 66.7 Å². The predicted molar refractivity (Wildman–Crippen MR) is 180 cm³/mol. The molecular weight excluding hydrogens is 571 g/mol. The van der Waals surface area contributed by atoms with Crippen LogP contribution < -0.4 is 5.01 Å². The minimum absolute atomic E-state index is 0.0883. The van der Waals surface area contributed by atoms with E-state index in [1.165, 1.54) is 28.7 Å². The van der Waals surface area contributed by atoms with Gasteiger partial charge in [0, 0.05) is 13.0 Å². The lowest BCUT2D eigenvalue weighted by Crippen LogP contribution is -2.29. The Morgan fingerprint density at radius 1 is 0.907 bits per heavy atom. The number of rotatable bonds is 7. The molecule has 1 fully saturated rings. The van der Waals surface area contributed by atoms with E-state index in [-0.39, 0.29) is 11.9 Å². The van der Waals surface area contributed by atoms with E-state index in [1.54, 1.807) is 11.0 Å². The SMILES string of the molecule is C=CCN1C(=O)/C(=C/c2ccc(N3N=C(c4ccccc4)CC3c3ccccc3)cc2)S/C1=N/c1nc2ccccc2s1. The molecule has 5 aromatic rings. The van der Waals surface area contributed by atoms with Crippen molar-refractivity contribution in [1.82, 2.24) is 9.88 Å². The number of thioether (sulfide) groups is 1. The van der Waals surface area contributed by atoms with Crippen molar-refractivity contribution in [3.8, 4) is 0 Å². The Bertz CT molecular complexity index is 1860. The first-order chi connectivity index (χ1) is 21.2. The van der Waals surface area contributed by atoms with Gasteiger partial charge in [-0.05, 0) is 58.8 Å². The molecule has 6 nitrogen and oxygen atoms in total. The maximum Gasteiger partial charge on any atom is 0.267 e. The van der Waals surface area contributed by atoms with Crippen molar-refractivity contribution in [3.05, 3.63) is 143 Å². The summed E-state index contributed by atoms with van der Waals surface area (Å²) < 4.78 is 1.06. The minimum Gasteiger partial charge on any atom is -0.282 e. The van der Waals surface area contributed by atoms with Crippen LogP contribution in [0.25, 0.3) is 16.3 Å². The number of anilines is 1. The van der Waals surface area contributed by atoms with Crippen molar-refractivity contribution in [2.24, 2.45) is 10.1 Å². The number of thiazole rings is 1. The van der Waals surface area contributed by atoms with Crippen LogP contribution in [0.4, 0.5) is 10.8 Å². The number of para-hydroxylation sites is 1. The van der Waals surface area contributed by atoms with Crippen molar-refractivity contribution in [3.63, 3.8) is 0 Å². The van der Waals surface area contributed by atoms with Crippen molar-refractivity contribution in [1.29, 1.82) is 0 Å². The Balaban J connectivity index is 1.17. The summed E-state index contributed by atoms with van der Waals surface area (Å²) in [7, 11) is 0. The van der Waals surface area contributed by atoms with Gasteiger partial charge in [0.25, 0.3) is 5.91 Å². The molecule has 0 N–H and O–H groups in total. The summed E-state index contributed by atoms with van der Waals surface area (Å²) in [6.07, 6.45) is 4.46. The molecule has 2 aliphatic rings. The largest absolute Gasteiger partial charge is 0.282 e. The van der Waals surface area contributed by atoms with Gasteiger partial charge in [0.15, 0.2) is 5.17 Å². The van der Waals surface area contributed by atoms with Crippen LogP contribution >= 0.6 is 23.1 Å². The first kappa shape index (κ1) is 27.1. The minimum atomic E-state index is -0.0883. The van der Waals surface area contributed by atoms with E-state index in [0.29, 0.717) is 21.7 Å². The van der Waals surface area contributed by atoms with Crippen LogP contribution in [-0.4, -0.2) is 33.2 Å². The molecule has 1 aromatic heterocycles. The summed E-state index contributed by atoms with van der Waals surface area (Å²) in [5.74, 6) is -0.0883. The third-order valence-corrected chi connectivity index (χ3v) is 9.27. The van der Waals surface area contributed by atoms with Crippen LogP contribution in [0.3, 0.4) is 0 Å². The maximum absolute atomic E-state index is 13.4. The molecule has 43 heavy (non-hydrogen) atoms. The first-order valence-corrected chi connectivity index (χ1v) is 15.6. The molecule has 1 saturated heterocycles. The maximum atomic E-state index is 13.4. The number of aromatic nitrogens is 1. The van der Waals surface area contributed by atoms with Gasteiger partial charge >= 0.3 is 0 Å². The average molecular weight is 598 g/mol. The van der Waals surface area contributed by atoms with Gasteiger partial charge in [0.1, 0.15) is 0 Å². The Morgan fingerprint density at radius 2 is 1.63 bits per heavy atom. The Morgan fingerprint density at radius 3 is 2.37 bits per heavy atom. The molecule has 2 aliphatic heterocycles. The number of benzene rings is 4. The lowest BCUT2D eigenvalue weighted by atomic mass is 9.98. The van der Waals surface area contributed by atoms with E-state index >= 15 is 0 Å². The summed E-state index contributed by atoms with van der Waals surface area (Å²) in [6, 6.07) is 37.1. The zero-order valence-electron chi connectivity index (χ0n) is 23.2. The summed E-state index contributed by atoms with van der Waals surface area (Å²) in [4.78, 5) is 25.0. The van der Waals surface area contributed by atoms with Crippen LogP contribution in [-0.2, 0) is 4.79 Å². The van der Waals surface area contributed by atoms with Gasteiger partial charge in [-0.1, -0.05) is 102 Å². The van der Waals surface area contributed by atoms with Crippen LogP contribution in [0.5, 0.6) is 0 Å². The van der Waals surface area contributed by atoms with Crippen molar-refractivity contribution >= 4 is 67.0 Å². The molecule has 0 radical (unpaired) electrons. The molecule has 1 unspecified atom stereocenters. The van der Waals surface area contributed by atoms with E-state index < -0.39 is 0 Å². The fourth-order valence-corrected chi connectivity index (χ4v) is 7.12. The fourth-order valence-electron chi connectivity index (χ4n) is 5.23. The van der Waals surface area contributed by atoms with Crippen molar-refractivity contribution in [2.75, 3.05) is 11.6 Å². The number of hydrogen-bond donors (Lipinski definition) is 0. The first-order valence-electron chi connectivity index (χ1n) is 14.0. The number of carbonyl (C=O) groups is 1. The van der Waals surface area contributed by atoms with Crippen molar-refractivity contribution in [2.45, 2.75) is 12.5 Å². The monoisotopic (exact) mass is 597 g/mol. The molecular formula is C35H27N5OS2. The number of nitrogens with zero attached hydrogens (tertiary/aromatic N) is 5. The predicted octanol–water partition coefficient (Wildman–Crippen LogP) is 8.44. The van der Waals surface area contributed by atoms with Gasteiger partial charge in [0.05, 0.1) is 32.6 Å². The van der Waals surface area contributed by atoms with Gasteiger partial charge in [-0.2, -0.15) is 10.1 Å². The van der Waals surface area contributed by atoms with Gasteiger partial charge in [-0.15, -0.1) is 6.58 Å². The topological polar surface area (TPSA) is 61.2 Å². The van der Waals surface area contributed by atoms with E-state index in [0.717, 1.165) is 39.2 Å². The van der Waals surface area contributed by atoms with Crippen LogP contribution in [0.2, 0.25) is 0 Å². The van der Waals surface area contributed by atoms with E-state index in [2.05, 4.69) is 65.1 Å². The third-order valence-electron chi connectivity index (χ3n) is 7.33. The highest BCUT2D eigenvalue weighted by molar-refractivity contribution is 8.18. The van der Waals surface area contributed by atoms with Crippen LogP contribution in [0.1, 0.15) is 29.2 Å². The van der Waals surface area contributed by atoms with Gasteiger partial charge < -0.3 is 0 Å². The van der Waals surface area contributed by atoms with Gasteiger partial charge in [-0.25, -0.2) is 4.98 Å². The Labute approximate surface area is 258 Å². The van der Waals surface area contributed by atoms with Crippen molar-refractivity contribution < 1.29 is 4.79 Å². The number of hydrogen-bond acceptors (Lipinski definition) is 7. The molecule has 0 saturated carbocycles. The molecule has 0 bridgehead atoms. The zero-order valence-corrected chi connectivity index (χ0v) is 24.8. The summed E-state index contributed by atoms with van der Waals surface area (Å²) in [6.45, 7) is 4.22. The van der Waals surface area contributed by atoms with Crippen LogP contribution in [0, 0.1) is 0 Å². The second-order valence-corrected chi connectivity index (χ2v) is 12.2. The molecule has 8 heteroatoms.